The van der Waals surface area contributed by atoms with Gasteiger partial charge in [-0.15, -0.1) is 0 Å². The number of rotatable bonds is 7. The third-order valence-electron chi connectivity index (χ3n) is 3.34. The van der Waals surface area contributed by atoms with Gasteiger partial charge in [0.15, 0.2) is 11.6 Å². The second kappa shape index (κ2) is 9.03. The van der Waals surface area contributed by atoms with Crippen molar-refractivity contribution in [3.8, 4) is 5.75 Å². The number of carbonyl (C=O) groups is 2. The maximum Gasteiger partial charge on any atom is 0.307 e. The third kappa shape index (κ3) is 5.76. The number of ether oxygens (including phenoxy) is 2. The lowest BCUT2D eigenvalue weighted by molar-refractivity contribution is -0.144. The van der Waals surface area contributed by atoms with Crippen LogP contribution in [0.5, 0.6) is 5.75 Å². The molecule has 0 radical (unpaired) electrons. The van der Waals surface area contributed by atoms with Crippen LogP contribution < -0.4 is 10.1 Å². The van der Waals surface area contributed by atoms with E-state index in [1.165, 1.54) is 19.2 Å². The highest BCUT2D eigenvalue weighted by atomic mass is 35.5. The van der Waals surface area contributed by atoms with Crippen molar-refractivity contribution in [3.63, 3.8) is 0 Å². The molecule has 132 valence electrons. The molecule has 0 saturated heterocycles. The Kier molecular flexibility index (Phi) is 6.77. The van der Waals surface area contributed by atoms with Crippen LogP contribution in [0.3, 0.4) is 0 Å². The zero-order valence-electron chi connectivity index (χ0n) is 13.6. The van der Waals surface area contributed by atoms with E-state index in [0.717, 1.165) is 0 Å². The quantitative estimate of drug-likeness (QED) is 0.764. The molecule has 1 amide bonds. The summed E-state index contributed by atoms with van der Waals surface area (Å²) in [5, 5.41) is 3.15. The summed E-state index contributed by atoms with van der Waals surface area (Å²) in [5.74, 6) is -1.19. The highest BCUT2D eigenvalue weighted by Gasteiger charge is 2.09. The molecule has 0 unspecified atom stereocenters. The zero-order chi connectivity index (χ0) is 18.2. The van der Waals surface area contributed by atoms with E-state index in [9.17, 15) is 14.0 Å². The Morgan fingerprint density at radius 1 is 1.16 bits per heavy atom. The number of benzene rings is 2. The van der Waals surface area contributed by atoms with Crippen molar-refractivity contribution in [2.45, 2.75) is 13.0 Å². The molecule has 1 N–H and O–H groups in total. The number of hydrogen-bond donors (Lipinski definition) is 1. The Balaban J connectivity index is 1.72. The van der Waals surface area contributed by atoms with Gasteiger partial charge in [0.2, 0.25) is 0 Å². The van der Waals surface area contributed by atoms with E-state index in [4.69, 9.17) is 21.1 Å². The van der Waals surface area contributed by atoms with Gasteiger partial charge >= 0.3 is 5.97 Å². The molecule has 0 aromatic heterocycles. The van der Waals surface area contributed by atoms with E-state index in [0.29, 0.717) is 16.1 Å². The lowest BCUT2D eigenvalue weighted by atomic mass is 10.2. The highest BCUT2D eigenvalue weighted by molar-refractivity contribution is 6.30. The van der Waals surface area contributed by atoms with Crippen LogP contribution in [-0.4, -0.2) is 25.5 Å². The van der Waals surface area contributed by atoms with E-state index >= 15 is 0 Å². The lowest BCUT2D eigenvalue weighted by Crippen LogP contribution is -2.26. The van der Waals surface area contributed by atoms with Gasteiger partial charge < -0.3 is 14.8 Å². The van der Waals surface area contributed by atoms with E-state index in [1.54, 1.807) is 30.3 Å². The van der Waals surface area contributed by atoms with Crippen LogP contribution in [0, 0.1) is 5.82 Å². The monoisotopic (exact) mass is 365 g/mol. The molecule has 5 nitrogen and oxygen atoms in total. The number of halogens is 2. The minimum atomic E-state index is -0.522. The van der Waals surface area contributed by atoms with Gasteiger partial charge in [0.05, 0.1) is 13.5 Å². The predicted molar refractivity (Wildman–Crippen MR) is 91.2 cm³/mol. The number of methoxy groups -OCH3 is 1. The van der Waals surface area contributed by atoms with Crippen LogP contribution >= 0.6 is 11.6 Å². The Morgan fingerprint density at radius 3 is 2.52 bits per heavy atom. The van der Waals surface area contributed by atoms with E-state index in [2.05, 4.69) is 5.32 Å². The Morgan fingerprint density at radius 2 is 1.88 bits per heavy atom. The summed E-state index contributed by atoms with van der Waals surface area (Å²) in [6.07, 6.45) is 0.0119. The van der Waals surface area contributed by atoms with Crippen molar-refractivity contribution in [2.75, 3.05) is 13.7 Å². The first-order valence-electron chi connectivity index (χ1n) is 7.51. The fourth-order valence-electron chi connectivity index (χ4n) is 2.02. The molecule has 0 aliphatic carbocycles. The summed E-state index contributed by atoms with van der Waals surface area (Å²) in [6.45, 7) is 0.0855. The average molecular weight is 366 g/mol. The third-order valence-corrected chi connectivity index (χ3v) is 3.59. The summed E-state index contributed by atoms with van der Waals surface area (Å²) in [4.78, 5) is 23.5. The minimum absolute atomic E-state index is 0.0119. The molecular formula is C18H17ClFNO4. The first kappa shape index (κ1) is 18.7. The molecule has 2 rings (SSSR count). The molecule has 0 bridgehead atoms. The van der Waals surface area contributed by atoms with Crippen LogP contribution in [0.15, 0.2) is 42.5 Å². The van der Waals surface area contributed by atoms with Crippen LogP contribution in [0.4, 0.5) is 4.39 Å². The van der Waals surface area contributed by atoms with Gasteiger partial charge in [-0.25, -0.2) is 4.39 Å². The maximum atomic E-state index is 13.5. The SMILES string of the molecule is COc1ccc(COC(=O)CCNC(=O)c2ccc(Cl)cc2)cc1F. The topological polar surface area (TPSA) is 64.6 Å². The standard InChI is InChI=1S/C18H17ClFNO4/c1-24-16-7-2-12(10-15(16)20)11-25-17(22)8-9-21-18(23)13-3-5-14(19)6-4-13/h2-7,10H,8-9,11H2,1H3,(H,21,23). The van der Waals surface area contributed by atoms with Gasteiger partial charge in [0, 0.05) is 17.1 Å². The largest absolute Gasteiger partial charge is 0.494 e. The molecule has 0 aliphatic heterocycles. The first-order chi connectivity index (χ1) is 12.0. The van der Waals surface area contributed by atoms with Crippen molar-refractivity contribution in [3.05, 3.63) is 64.4 Å². The molecule has 0 aliphatic rings. The van der Waals surface area contributed by atoms with Gasteiger partial charge in [-0.3, -0.25) is 9.59 Å². The number of amides is 1. The summed E-state index contributed by atoms with van der Waals surface area (Å²) in [5.41, 5.74) is 0.961. The van der Waals surface area contributed by atoms with Crippen LogP contribution in [0.25, 0.3) is 0 Å². The van der Waals surface area contributed by atoms with Crippen molar-refractivity contribution in [2.24, 2.45) is 0 Å². The maximum absolute atomic E-state index is 13.5. The first-order valence-corrected chi connectivity index (χ1v) is 7.89. The molecule has 7 heteroatoms. The number of nitrogens with one attached hydrogen (secondary N) is 1. The molecule has 2 aromatic rings. The lowest BCUT2D eigenvalue weighted by Gasteiger charge is -2.08. The summed E-state index contributed by atoms with van der Waals surface area (Å²) < 4.78 is 23.4. The summed E-state index contributed by atoms with van der Waals surface area (Å²) in [6, 6.07) is 10.7. The van der Waals surface area contributed by atoms with Gasteiger partial charge in [-0.05, 0) is 42.0 Å². The summed E-state index contributed by atoms with van der Waals surface area (Å²) in [7, 11) is 1.37. The molecule has 0 fully saturated rings. The predicted octanol–water partition coefficient (Wildman–Crippen LogP) is 3.35. The normalized spacial score (nSPS) is 10.2. The van der Waals surface area contributed by atoms with Crippen molar-refractivity contribution in [1.82, 2.24) is 5.32 Å². The van der Waals surface area contributed by atoms with Crippen molar-refractivity contribution < 1.29 is 23.5 Å². The number of esters is 1. The molecule has 0 heterocycles. The van der Waals surface area contributed by atoms with Crippen LogP contribution in [0.1, 0.15) is 22.3 Å². The molecule has 2 aromatic carbocycles. The molecule has 0 atom stereocenters. The average Bonchev–Trinajstić information content (AvgIpc) is 2.60. The number of carbonyl (C=O) groups excluding carboxylic acids is 2. The Hall–Kier alpha value is -2.60. The van der Waals surface area contributed by atoms with Crippen molar-refractivity contribution in [1.29, 1.82) is 0 Å². The smallest absolute Gasteiger partial charge is 0.307 e. The van der Waals surface area contributed by atoms with Gasteiger partial charge in [0.25, 0.3) is 5.91 Å². The second-order valence-electron chi connectivity index (χ2n) is 5.14. The number of hydrogen-bond acceptors (Lipinski definition) is 4. The summed E-state index contributed by atoms with van der Waals surface area (Å²) >= 11 is 5.75. The minimum Gasteiger partial charge on any atom is -0.494 e. The molecule has 0 spiro atoms. The zero-order valence-corrected chi connectivity index (χ0v) is 14.3. The van der Waals surface area contributed by atoms with E-state index in [-0.39, 0.29) is 31.2 Å². The fraction of sp³-hybridized carbons (Fsp3) is 0.222. The van der Waals surface area contributed by atoms with E-state index in [1.807, 2.05) is 0 Å². The van der Waals surface area contributed by atoms with Gasteiger partial charge in [-0.2, -0.15) is 0 Å². The van der Waals surface area contributed by atoms with Crippen LogP contribution in [-0.2, 0) is 16.1 Å². The van der Waals surface area contributed by atoms with Crippen molar-refractivity contribution >= 4 is 23.5 Å². The van der Waals surface area contributed by atoms with E-state index < -0.39 is 11.8 Å². The highest BCUT2D eigenvalue weighted by Crippen LogP contribution is 2.18. The molecule has 0 saturated carbocycles. The molecule has 25 heavy (non-hydrogen) atoms. The Labute approximate surface area is 149 Å². The second-order valence-corrected chi connectivity index (χ2v) is 5.58. The van der Waals surface area contributed by atoms with Gasteiger partial charge in [0.1, 0.15) is 6.61 Å². The van der Waals surface area contributed by atoms with Gasteiger partial charge in [-0.1, -0.05) is 17.7 Å². The molecular weight excluding hydrogens is 349 g/mol. The Bertz CT molecular complexity index is 749. The fourth-order valence-corrected chi connectivity index (χ4v) is 2.14. The van der Waals surface area contributed by atoms with Crippen LogP contribution in [0.2, 0.25) is 5.02 Å².